The maximum Gasteiger partial charge on any atom is 0.223 e. The first-order valence-corrected chi connectivity index (χ1v) is 6.88. The number of aliphatic hydroxyl groups is 1. The van der Waals surface area contributed by atoms with Crippen molar-refractivity contribution in [3.05, 3.63) is 22.4 Å². The van der Waals surface area contributed by atoms with Crippen molar-refractivity contribution in [1.82, 2.24) is 4.90 Å². The average Bonchev–Trinajstić information content (AvgIpc) is 2.82. The summed E-state index contributed by atoms with van der Waals surface area (Å²) in [7, 11) is 0. The molecule has 1 saturated heterocycles. The van der Waals surface area contributed by atoms with Crippen LogP contribution in [0, 0.1) is 0 Å². The molecule has 0 aliphatic carbocycles. The molecule has 0 aromatic carbocycles. The molecular formula is C13H19NO2S. The Labute approximate surface area is 106 Å². The van der Waals surface area contributed by atoms with Gasteiger partial charge in [-0.1, -0.05) is 6.07 Å². The minimum absolute atomic E-state index is 0.153. The number of aryl methyl sites for hydroxylation is 1. The number of carbonyl (C=O) groups excluding carboxylic acids is 1. The second-order valence-corrected chi connectivity index (χ2v) is 6.29. The van der Waals surface area contributed by atoms with Gasteiger partial charge in [0.05, 0.1) is 6.10 Å². The van der Waals surface area contributed by atoms with Gasteiger partial charge in [-0.05, 0) is 38.1 Å². The van der Waals surface area contributed by atoms with Crippen LogP contribution in [-0.2, 0) is 11.2 Å². The summed E-state index contributed by atoms with van der Waals surface area (Å²) < 4.78 is 0. The number of amides is 1. The molecule has 1 unspecified atom stereocenters. The van der Waals surface area contributed by atoms with Gasteiger partial charge in [0, 0.05) is 23.4 Å². The van der Waals surface area contributed by atoms with Gasteiger partial charge in [-0.25, -0.2) is 0 Å². The number of aliphatic hydroxyl groups excluding tert-OH is 1. The van der Waals surface area contributed by atoms with Crippen molar-refractivity contribution in [2.45, 2.75) is 44.8 Å². The minimum atomic E-state index is -0.365. The van der Waals surface area contributed by atoms with Crippen LogP contribution in [-0.4, -0.2) is 34.1 Å². The van der Waals surface area contributed by atoms with Gasteiger partial charge in [-0.3, -0.25) is 4.79 Å². The summed E-state index contributed by atoms with van der Waals surface area (Å²) >= 11 is 1.69. The van der Waals surface area contributed by atoms with Crippen molar-refractivity contribution in [3.8, 4) is 0 Å². The zero-order chi connectivity index (χ0) is 12.5. The average molecular weight is 253 g/mol. The summed E-state index contributed by atoms with van der Waals surface area (Å²) in [5, 5.41) is 11.7. The largest absolute Gasteiger partial charge is 0.391 e. The Hall–Kier alpha value is -0.870. The van der Waals surface area contributed by atoms with Gasteiger partial charge in [-0.15, -0.1) is 11.3 Å². The van der Waals surface area contributed by atoms with Crippen LogP contribution < -0.4 is 0 Å². The first-order chi connectivity index (χ1) is 7.99. The molecule has 4 heteroatoms. The molecule has 1 aromatic heterocycles. The number of likely N-dealkylation sites (tertiary alicyclic amines) is 1. The summed E-state index contributed by atoms with van der Waals surface area (Å²) in [6.07, 6.45) is 1.66. The van der Waals surface area contributed by atoms with Crippen LogP contribution in [0.3, 0.4) is 0 Å². The summed E-state index contributed by atoms with van der Waals surface area (Å²) in [6.45, 7) is 4.52. The van der Waals surface area contributed by atoms with Crippen molar-refractivity contribution in [3.63, 3.8) is 0 Å². The van der Waals surface area contributed by atoms with Gasteiger partial charge in [0.15, 0.2) is 0 Å². The SMILES string of the molecule is CC1(C)CC(O)CN1C(=O)CCc1cccs1. The molecule has 1 amide bonds. The van der Waals surface area contributed by atoms with Crippen LogP contribution in [0.15, 0.2) is 17.5 Å². The van der Waals surface area contributed by atoms with E-state index in [1.807, 2.05) is 30.2 Å². The highest BCUT2D eigenvalue weighted by Gasteiger charge is 2.39. The van der Waals surface area contributed by atoms with Crippen LogP contribution in [0.2, 0.25) is 0 Å². The molecule has 1 N–H and O–H groups in total. The normalized spacial score (nSPS) is 23.0. The second-order valence-electron chi connectivity index (χ2n) is 5.25. The lowest BCUT2D eigenvalue weighted by molar-refractivity contribution is -0.134. The molecule has 0 saturated carbocycles. The van der Waals surface area contributed by atoms with Crippen LogP contribution in [0.25, 0.3) is 0 Å². The number of carbonyl (C=O) groups is 1. The molecule has 1 aliphatic heterocycles. The van der Waals surface area contributed by atoms with E-state index in [9.17, 15) is 9.90 Å². The first kappa shape index (κ1) is 12.6. The van der Waals surface area contributed by atoms with Crippen molar-refractivity contribution in [2.75, 3.05) is 6.54 Å². The van der Waals surface area contributed by atoms with E-state index in [1.165, 1.54) is 4.88 Å². The fourth-order valence-electron chi connectivity index (χ4n) is 2.47. The molecule has 0 bridgehead atoms. The van der Waals surface area contributed by atoms with Crippen LogP contribution in [0.4, 0.5) is 0 Å². The van der Waals surface area contributed by atoms with Crippen LogP contribution >= 0.6 is 11.3 Å². The van der Waals surface area contributed by atoms with E-state index in [4.69, 9.17) is 0 Å². The van der Waals surface area contributed by atoms with E-state index in [0.717, 1.165) is 6.42 Å². The third kappa shape index (κ3) is 2.87. The summed E-state index contributed by atoms with van der Waals surface area (Å²) in [5.41, 5.74) is -0.202. The number of hydrogen-bond acceptors (Lipinski definition) is 3. The monoisotopic (exact) mass is 253 g/mol. The molecule has 1 aromatic rings. The van der Waals surface area contributed by atoms with Crippen molar-refractivity contribution < 1.29 is 9.90 Å². The van der Waals surface area contributed by atoms with E-state index in [2.05, 4.69) is 6.07 Å². The number of hydrogen-bond donors (Lipinski definition) is 1. The highest BCUT2D eigenvalue weighted by atomic mass is 32.1. The lowest BCUT2D eigenvalue weighted by atomic mass is 10.0. The number of β-amino-alcohol motifs (C(OH)–C–C–N with tert-alkyl or cyclic N) is 1. The Bertz CT molecular complexity index is 386. The fourth-order valence-corrected chi connectivity index (χ4v) is 3.18. The Morgan fingerprint density at radius 3 is 2.94 bits per heavy atom. The maximum atomic E-state index is 12.1. The standard InChI is InChI=1S/C13H19NO2S/c1-13(2)8-10(15)9-14(13)12(16)6-5-11-4-3-7-17-11/h3-4,7,10,15H,5-6,8-9H2,1-2H3. The zero-order valence-corrected chi connectivity index (χ0v) is 11.2. The summed E-state index contributed by atoms with van der Waals surface area (Å²) in [4.78, 5) is 15.2. The highest BCUT2D eigenvalue weighted by Crippen LogP contribution is 2.29. The van der Waals surface area contributed by atoms with Crippen molar-refractivity contribution in [1.29, 1.82) is 0 Å². The van der Waals surface area contributed by atoms with Crippen molar-refractivity contribution in [2.24, 2.45) is 0 Å². The summed E-state index contributed by atoms with van der Waals surface area (Å²) in [6, 6.07) is 4.07. The van der Waals surface area contributed by atoms with Gasteiger partial charge in [0.25, 0.3) is 0 Å². The van der Waals surface area contributed by atoms with Gasteiger partial charge in [-0.2, -0.15) is 0 Å². The lowest BCUT2D eigenvalue weighted by Crippen LogP contribution is -2.42. The number of rotatable bonds is 3. The van der Waals surface area contributed by atoms with E-state index >= 15 is 0 Å². The molecular weight excluding hydrogens is 234 g/mol. The smallest absolute Gasteiger partial charge is 0.223 e. The molecule has 3 nitrogen and oxygen atoms in total. The molecule has 1 aliphatic rings. The first-order valence-electron chi connectivity index (χ1n) is 6.00. The van der Waals surface area contributed by atoms with E-state index in [-0.39, 0.29) is 17.6 Å². The van der Waals surface area contributed by atoms with E-state index in [0.29, 0.717) is 19.4 Å². The Balaban J connectivity index is 1.92. The Morgan fingerprint density at radius 2 is 2.41 bits per heavy atom. The van der Waals surface area contributed by atoms with Crippen LogP contribution in [0.5, 0.6) is 0 Å². The second kappa shape index (κ2) is 4.78. The van der Waals surface area contributed by atoms with Crippen molar-refractivity contribution >= 4 is 17.2 Å². The molecule has 2 rings (SSSR count). The van der Waals surface area contributed by atoms with Gasteiger partial charge in [0.1, 0.15) is 0 Å². The zero-order valence-electron chi connectivity index (χ0n) is 10.3. The van der Waals surface area contributed by atoms with Gasteiger partial charge < -0.3 is 10.0 Å². The lowest BCUT2D eigenvalue weighted by Gasteiger charge is -2.31. The predicted molar refractivity (Wildman–Crippen MR) is 69.1 cm³/mol. The van der Waals surface area contributed by atoms with Gasteiger partial charge in [0.2, 0.25) is 5.91 Å². The minimum Gasteiger partial charge on any atom is -0.391 e. The quantitative estimate of drug-likeness (QED) is 0.895. The maximum absolute atomic E-state index is 12.1. The van der Waals surface area contributed by atoms with E-state index < -0.39 is 0 Å². The fraction of sp³-hybridized carbons (Fsp3) is 0.615. The molecule has 2 heterocycles. The summed E-state index contributed by atoms with van der Waals surface area (Å²) in [5.74, 6) is 0.153. The third-order valence-electron chi connectivity index (χ3n) is 3.33. The van der Waals surface area contributed by atoms with Crippen LogP contribution in [0.1, 0.15) is 31.6 Å². The molecule has 94 valence electrons. The molecule has 0 spiro atoms. The molecule has 1 atom stereocenters. The molecule has 17 heavy (non-hydrogen) atoms. The van der Waals surface area contributed by atoms with Gasteiger partial charge >= 0.3 is 0 Å². The highest BCUT2D eigenvalue weighted by molar-refractivity contribution is 7.09. The Kier molecular flexibility index (Phi) is 3.54. The number of thiophene rings is 1. The molecule has 0 radical (unpaired) electrons. The molecule has 1 fully saturated rings. The van der Waals surface area contributed by atoms with E-state index in [1.54, 1.807) is 11.3 Å². The predicted octanol–water partition coefficient (Wildman–Crippen LogP) is 2.05. The number of nitrogens with zero attached hydrogens (tertiary/aromatic N) is 1. The topological polar surface area (TPSA) is 40.5 Å². The Morgan fingerprint density at radius 1 is 1.65 bits per heavy atom. The third-order valence-corrected chi connectivity index (χ3v) is 4.26.